The molecule has 3 aromatic rings. The Balaban J connectivity index is 1.95. The molecule has 1 N–H and O–H groups in total. The van der Waals surface area contributed by atoms with E-state index in [0.29, 0.717) is 46.2 Å². The Hall–Kier alpha value is -2.93. The molecule has 0 saturated carbocycles. The van der Waals surface area contributed by atoms with Crippen molar-refractivity contribution in [2.75, 3.05) is 12.3 Å². The van der Waals surface area contributed by atoms with Crippen molar-refractivity contribution in [2.45, 2.75) is 39.4 Å². The van der Waals surface area contributed by atoms with E-state index in [4.69, 9.17) is 0 Å². The predicted molar refractivity (Wildman–Crippen MR) is 130 cm³/mol. The van der Waals surface area contributed by atoms with Gasteiger partial charge in [-0.25, -0.2) is 4.98 Å². The Morgan fingerprint density at radius 3 is 2.38 bits per heavy atom. The molecule has 1 aromatic heterocycles. The van der Waals surface area contributed by atoms with Crippen LogP contribution in [0, 0.1) is 11.8 Å². The monoisotopic (exact) mass is 451 g/mol. The van der Waals surface area contributed by atoms with Gasteiger partial charge in [-0.3, -0.25) is 19.0 Å². The van der Waals surface area contributed by atoms with Crippen LogP contribution in [0.3, 0.4) is 0 Å². The number of nitrogens with one attached hydrogen (secondary N) is 1. The van der Waals surface area contributed by atoms with Crippen molar-refractivity contribution in [3.8, 4) is 0 Å². The number of hydrogen-bond donors (Lipinski definition) is 1. The minimum atomic E-state index is -0.192. The number of rotatable bonds is 9. The van der Waals surface area contributed by atoms with Crippen molar-refractivity contribution in [1.82, 2.24) is 14.9 Å². The van der Waals surface area contributed by atoms with E-state index in [1.54, 1.807) is 34.9 Å². The topological polar surface area (TPSA) is 81.1 Å². The van der Waals surface area contributed by atoms with Gasteiger partial charge in [-0.15, -0.1) is 0 Å². The van der Waals surface area contributed by atoms with E-state index in [1.165, 1.54) is 11.8 Å². The molecule has 0 atom stereocenters. The van der Waals surface area contributed by atoms with Gasteiger partial charge < -0.3 is 5.32 Å². The summed E-state index contributed by atoms with van der Waals surface area (Å²) in [5, 5.41) is 3.84. The molecule has 7 heteroatoms. The highest BCUT2D eigenvalue weighted by atomic mass is 32.2. The fourth-order valence-corrected chi connectivity index (χ4v) is 4.12. The van der Waals surface area contributed by atoms with Gasteiger partial charge in [0.1, 0.15) is 0 Å². The Kier molecular flexibility index (Phi) is 7.85. The van der Waals surface area contributed by atoms with E-state index in [9.17, 15) is 14.4 Å². The number of carbonyl (C=O) groups excluding carboxylic acids is 2. The Morgan fingerprint density at radius 1 is 1.00 bits per heavy atom. The number of benzene rings is 2. The second kappa shape index (κ2) is 10.6. The maximum atomic E-state index is 13.2. The van der Waals surface area contributed by atoms with E-state index >= 15 is 0 Å². The summed E-state index contributed by atoms with van der Waals surface area (Å²) in [6.45, 7) is 9.19. The summed E-state index contributed by atoms with van der Waals surface area (Å²) >= 11 is 1.25. The number of aromatic nitrogens is 2. The third kappa shape index (κ3) is 5.85. The second-order valence-electron chi connectivity index (χ2n) is 8.62. The highest BCUT2D eigenvalue weighted by molar-refractivity contribution is 7.99. The number of thioether (sulfide) groups is 1. The van der Waals surface area contributed by atoms with Gasteiger partial charge >= 0.3 is 0 Å². The first-order valence-corrected chi connectivity index (χ1v) is 11.8. The Bertz CT molecular complexity index is 1170. The zero-order chi connectivity index (χ0) is 23.3. The molecule has 0 unspecified atom stereocenters. The van der Waals surface area contributed by atoms with Crippen LogP contribution in [0.2, 0.25) is 0 Å². The minimum Gasteiger partial charge on any atom is -0.352 e. The molecule has 3 rings (SSSR count). The maximum Gasteiger partial charge on any atom is 0.262 e. The Labute approximate surface area is 192 Å². The van der Waals surface area contributed by atoms with Crippen molar-refractivity contribution in [3.63, 3.8) is 0 Å². The van der Waals surface area contributed by atoms with Crippen LogP contribution in [0.25, 0.3) is 10.9 Å². The smallest absolute Gasteiger partial charge is 0.262 e. The summed E-state index contributed by atoms with van der Waals surface area (Å²) in [5.41, 5.74) is 1.39. The molecule has 0 spiro atoms. The molecule has 0 aliphatic heterocycles. The van der Waals surface area contributed by atoms with Crippen LogP contribution in [0.5, 0.6) is 0 Å². The molecule has 0 aliphatic carbocycles. The molecule has 0 radical (unpaired) electrons. The van der Waals surface area contributed by atoms with Crippen LogP contribution in [0.4, 0.5) is 0 Å². The summed E-state index contributed by atoms with van der Waals surface area (Å²) in [6.07, 6.45) is 0. The average molecular weight is 452 g/mol. The summed E-state index contributed by atoms with van der Waals surface area (Å²) in [7, 11) is 0. The molecule has 1 heterocycles. The lowest BCUT2D eigenvalue weighted by Crippen LogP contribution is -2.28. The number of Topliss-reactive ketones (excluding diaryl/α,β-unsaturated/α-hetero) is 1. The van der Waals surface area contributed by atoms with Crippen molar-refractivity contribution in [1.29, 1.82) is 0 Å². The first-order chi connectivity index (χ1) is 15.3. The lowest BCUT2D eigenvalue weighted by atomic mass is 10.1. The predicted octanol–water partition coefficient (Wildman–Crippen LogP) is 4.41. The molecular formula is C25H29N3O3S. The van der Waals surface area contributed by atoms with Gasteiger partial charge in [0, 0.05) is 24.2 Å². The van der Waals surface area contributed by atoms with Crippen molar-refractivity contribution >= 4 is 34.4 Å². The van der Waals surface area contributed by atoms with Crippen LogP contribution < -0.4 is 10.9 Å². The second-order valence-corrected chi connectivity index (χ2v) is 9.56. The first kappa shape index (κ1) is 23.7. The fraction of sp³-hybridized carbons (Fsp3) is 0.360. The Morgan fingerprint density at radius 2 is 1.72 bits per heavy atom. The summed E-state index contributed by atoms with van der Waals surface area (Å²) in [4.78, 5) is 43.0. The molecule has 6 nitrogen and oxygen atoms in total. The highest BCUT2D eigenvalue weighted by Gasteiger charge is 2.16. The summed E-state index contributed by atoms with van der Waals surface area (Å²) in [6, 6.07) is 14.0. The lowest BCUT2D eigenvalue weighted by Gasteiger charge is -2.15. The molecule has 32 heavy (non-hydrogen) atoms. The third-order valence-corrected chi connectivity index (χ3v) is 5.81. The standard InChI is InChI=1S/C25H29N3O3S/c1-16(2)13-26-23(30)19-10-11-20-21(12-19)27-25(28(24(20)31)14-17(3)4)32-15-22(29)18-8-6-5-7-9-18/h5-12,16-17H,13-15H2,1-4H3,(H,26,30). The van der Waals surface area contributed by atoms with Crippen LogP contribution >= 0.6 is 11.8 Å². The summed E-state index contributed by atoms with van der Waals surface area (Å²) < 4.78 is 1.63. The molecule has 2 aromatic carbocycles. The molecule has 168 valence electrons. The van der Waals surface area contributed by atoms with Gasteiger partial charge in [-0.2, -0.15) is 0 Å². The van der Waals surface area contributed by atoms with Gasteiger partial charge in [0.2, 0.25) is 0 Å². The maximum absolute atomic E-state index is 13.2. The number of hydrogen-bond acceptors (Lipinski definition) is 5. The van der Waals surface area contributed by atoms with E-state index in [-0.39, 0.29) is 28.9 Å². The highest BCUT2D eigenvalue weighted by Crippen LogP contribution is 2.21. The zero-order valence-corrected chi connectivity index (χ0v) is 19.7. The molecule has 0 bridgehead atoms. The van der Waals surface area contributed by atoms with Gasteiger partial charge in [0.15, 0.2) is 10.9 Å². The minimum absolute atomic E-state index is 0.0251. The van der Waals surface area contributed by atoms with Crippen molar-refractivity contribution < 1.29 is 9.59 Å². The first-order valence-electron chi connectivity index (χ1n) is 10.8. The van der Waals surface area contributed by atoms with E-state index in [1.807, 2.05) is 45.9 Å². The zero-order valence-electron chi connectivity index (χ0n) is 18.9. The van der Waals surface area contributed by atoms with E-state index in [2.05, 4.69) is 10.3 Å². The van der Waals surface area contributed by atoms with Crippen molar-refractivity contribution in [2.24, 2.45) is 11.8 Å². The fourth-order valence-electron chi connectivity index (χ4n) is 3.21. The largest absolute Gasteiger partial charge is 0.352 e. The van der Waals surface area contributed by atoms with Crippen LogP contribution in [0.1, 0.15) is 48.4 Å². The van der Waals surface area contributed by atoms with Crippen molar-refractivity contribution in [3.05, 3.63) is 70.0 Å². The number of amides is 1. The van der Waals surface area contributed by atoms with Crippen LogP contribution in [-0.2, 0) is 6.54 Å². The van der Waals surface area contributed by atoms with Gasteiger partial charge in [-0.05, 0) is 30.0 Å². The number of ketones is 1. The number of carbonyl (C=O) groups is 2. The average Bonchev–Trinajstić information content (AvgIpc) is 2.77. The number of fused-ring (bicyclic) bond motifs is 1. The molecular weight excluding hydrogens is 422 g/mol. The van der Waals surface area contributed by atoms with E-state index in [0.717, 1.165) is 0 Å². The molecule has 0 fully saturated rings. The van der Waals surface area contributed by atoms with Gasteiger partial charge in [-0.1, -0.05) is 69.8 Å². The van der Waals surface area contributed by atoms with Gasteiger partial charge in [0.05, 0.1) is 16.7 Å². The lowest BCUT2D eigenvalue weighted by molar-refractivity contribution is 0.0948. The van der Waals surface area contributed by atoms with Crippen LogP contribution in [-0.4, -0.2) is 33.5 Å². The van der Waals surface area contributed by atoms with E-state index < -0.39 is 0 Å². The SMILES string of the molecule is CC(C)CNC(=O)c1ccc2c(=O)n(CC(C)C)c(SCC(=O)c3ccccc3)nc2c1. The normalized spacial score (nSPS) is 11.3. The van der Waals surface area contributed by atoms with Crippen LogP contribution in [0.15, 0.2) is 58.5 Å². The molecule has 1 amide bonds. The summed E-state index contributed by atoms with van der Waals surface area (Å²) in [5.74, 6) is 0.530. The van der Waals surface area contributed by atoms with Gasteiger partial charge in [0.25, 0.3) is 11.5 Å². The molecule has 0 saturated heterocycles. The number of nitrogens with zero attached hydrogens (tertiary/aromatic N) is 2. The third-order valence-electron chi connectivity index (χ3n) is 4.83. The molecule has 0 aliphatic rings. The quantitative estimate of drug-likeness (QED) is 0.296.